The number of nitrogens with zero attached hydrogens (tertiary/aromatic N) is 4. The number of anilines is 1. The highest BCUT2D eigenvalue weighted by atomic mass is 19.4. The van der Waals surface area contributed by atoms with Gasteiger partial charge in [0.25, 0.3) is 5.91 Å². The van der Waals surface area contributed by atoms with Crippen molar-refractivity contribution in [3.05, 3.63) is 76.2 Å². The molecule has 194 valence electrons. The number of ether oxygens (including phenoxy) is 1. The minimum absolute atomic E-state index is 0.0410. The van der Waals surface area contributed by atoms with Crippen LogP contribution in [0, 0.1) is 12.7 Å². The van der Waals surface area contributed by atoms with Gasteiger partial charge in [0.2, 0.25) is 11.8 Å². The summed E-state index contributed by atoms with van der Waals surface area (Å²) in [6.07, 6.45) is -0.924. The summed E-state index contributed by atoms with van der Waals surface area (Å²) in [5.74, 6) is 0.332. The molecule has 2 aliphatic heterocycles. The van der Waals surface area contributed by atoms with E-state index in [0.29, 0.717) is 35.8 Å². The number of benzene rings is 2. The predicted octanol–water partition coefficient (Wildman–Crippen LogP) is 5.92. The molecule has 1 amide bonds. The van der Waals surface area contributed by atoms with Gasteiger partial charge in [0.1, 0.15) is 11.6 Å². The van der Waals surface area contributed by atoms with Gasteiger partial charge in [-0.15, -0.1) is 0 Å². The number of piperidine rings is 1. The molecule has 0 spiro atoms. The summed E-state index contributed by atoms with van der Waals surface area (Å²) in [4.78, 5) is 26.2. The average molecular weight is 515 g/mol. The van der Waals surface area contributed by atoms with Crippen LogP contribution in [-0.2, 0) is 19.1 Å². The fourth-order valence-electron chi connectivity index (χ4n) is 4.67. The number of rotatable bonds is 4. The van der Waals surface area contributed by atoms with E-state index in [-0.39, 0.29) is 23.8 Å². The number of amides is 1. The Kier molecular flexibility index (Phi) is 6.74. The molecule has 2 aromatic carbocycles. The van der Waals surface area contributed by atoms with Gasteiger partial charge < -0.3 is 14.5 Å². The number of aryl methyl sites for hydroxylation is 1. The summed E-state index contributed by atoms with van der Waals surface area (Å²) in [7, 11) is 0. The molecule has 6 nitrogen and oxygen atoms in total. The molecule has 0 radical (unpaired) electrons. The smallest absolute Gasteiger partial charge is 0.416 e. The van der Waals surface area contributed by atoms with Crippen molar-refractivity contribution in [2.45, 2.75) is 45.3 Å². The molecule has 0 saturated carbocycles. The molecule has 37 heavy (non-hydrogen) atoms. The maximum atomic E-state index is 13.8. The van der Waals surface area contributed by atoms with Crippen LogP contribution in [0.5, 0.6) is 11.6 Å². The minimum Gasteiger partial charge on any atom is -0.438 e. The Morgan fingerprint density at radius 1 is 1.00 bits per heavy atom. The maximum Gasteiger partial charge on any atom is 0.416 e. The number of fused-ring (bicyclic) bond motifs is 1. The maximum absolute atomic E-state index is 13.8. The zero-order chi connectivity index (χ0) is 26.2. The lowest BCUT2D eigenvalue weighted by molar-refractivity contribution is -0.137. The second kappa shape index (κ2) is 9.99. The Balaban J connectivity index is 1.48. The molecule has 0 bridgehead atoms. The zero-order valence-electron chi connectivity index (χ0n) is 20.3. The van der Waals surface area contributed by atoms with Crippen LogP contribution >= 0.6 is 0 Å². The van der Waals surface area contributed by atoms with Crippen molar-refractivity contribution < 1.29 is 27.1 Å². The van der Waals surface area contributed by atoms with Crippen LogP contribution in [-0.4, -0.2) is 40.4 Å². The topological polar surface area (TPSA) is 58.6 Å². The van der Waals surface area contributed by atoms with E-state index in [0.717, 1.165) is 50.2 Å². The van der Waals surface area contributed by atoms with Gasteiger partial charge >= 0.3 is 6.18 Å². The van der Waals surface area contributed by atoms with Gasteiger partial charge in [-0.25, -0.2) is 9.37 Å². The number of hydrogen-bond donors (Lipinski definition) is 0. The van der Waals surface area contributed by atoms with Crippen LogP contribution in [0.15, 0.2) is 42.5 Å². The van der Waals surface area contributed by atoms with Crippen molar-refractivity contribution in [3.8, 4) is 11.6 Å². The monoisotopic (exact) mass is 514 g/mol. The van der Waals surface area contributed by atoms with Crippen molar-refractivity contribution in [2.75, 3.05) is 24.5 Å². The summed E-state index contributed by atoms with van der Waals surface area (Å²) in [6, 6.07) is 8.80. The third-order valence-electron chi connectivity index (χ3n) is 6.72. The highest BCUT2D eigenvalue weighted by Crippen LogP contribution is 2.34. The van der Waals surface area contributed by atoms with Crippen LogP contribution in [0.25, 0.3) is 0 Å². The Morgan fingerprint density at radius 3 is 2.51 bits per heavy atom. The van der Waals surface area contributed by atoms with Crippen LogP contribution in [0.3, 0.4) is 0 Å². The lowest BCUT2D eigenvalue weighted by atomic mass is 10.0. The van der Waals surface area contributed by atoms with E-state index in [4.69, 9.17) is 9.72 Å². The van der Waals surface area contributed by atoms with Gasteiger partial charge in [0.15, 0.2) is 0 Å². The summed E-state index contributed by atoms with van der Waals surface area (Å²) < 4.78 is 59.5. The molecule has 5 rings (SSSR count). The summed E-state index contributed by atoms with van der Waals surface area (Å²) >= 11 is 0. The number of hydrogen-bond acceptors (Lipinski definition) is 5. The lowest BCUT2D eigenvalue weighted by Gasteiger charge is -2.32. The standard InChI is InChI=1S/C27H26F4N4O2/c1-17-14-20(8-9-22(17)28)37-24-21-16-35(25(36)18-6-5-7-19(15-18)27(29,30)31)13-10-23(21)32-26(33-24)34-11-3-2-4-12-34/h5-9,14-15H,2-4,10-13,16H2,1H3. The molecule has 0 unspecified atom stereocenters. The minimum atomic E-state index is -4.54. The molecular weight excluding hydrogens is 488 g/mol. The average Bonchev–Trinajstić information content (AvgIpc) is 2.90. The third kappa shape index (κ3) is 5.38. The van der Waals surface area contributed by atoms with E-state index in [1.54, 1.807) is 13.0 Å². The van der Waals surface area contributed by atoms with Gasteiger partial charge in [0, 0.05) is 31.6 Å². The molecule has 1 fully saturated rings. The van der Waals surface area contributed by atoms with Crippen molar-refractivity contribution in [3.63, 3.8) is 0 Å². The third-order valence-corrected chi connectivity index (χ3v) is 6.72. The van der Waals surface area contributed by atoms with Gasteiger partial charge in [0.05, 0.1) is 23.4 Å². The van der Waals surface area contributed by atoms with E-state index in [1.807, 2.05) is 0 Å². The Morgan fingerprint density at radius 2 is 1.78 bits per heavy atom. The predicted molar refractivity (Wildman–Crippen MR) is 129 cm³/mol. The second-order valence-electron chi connectivity index (χ2n) is 9.37. The molecule has 2 aliphatic rings. The lowest BCUT2D eigenvalue weighted by Crippen LogP contribution is -2.38. The van der Waals surface area contributed by atoms with E-state index in [9.17, 15) is 22.4 Å². The van der Waals surface area contributed by atoms with Gasteiger partial charge in [-0.05, 0) is 68.1 Å². The van der Waals surface area contributed by atoms with Crippen molar-refractivity contribution in [1.82, 2.24) is 14.9 Å². The van der Waals surface area contributed by atoms with Crippen LogP contribution in [0.4, 0.5) is 23.5 Å². The Hall–Kier alpha value is -3.69. The molecule has 3 heterocycles. The van der Waals surface area contributed by atoms with Crippen LogP contribution < -0.4 is 9.64 Å². The molecule has 0 N–H and O–H groups in total. The first kappa shape index (κ1) is 25.0. The van der Waals surface area contributed by atoms with Crippen LogP contribution in [0.2, 0.25) is 0 Å². The molecule has 3 aromatic rings. The van der Waals surface area contributed by atoms with E-state index in [1.165, 1.54) is 29.2 Å². The first-order chi connectivity index (χ1) is 17.7. The molecular formula is C27H26F4N4O2. The fraction of sp³-hybridized carbons (Fsp3) is 0.370. The van der Waals surface area contributed by atoms with Crippen LogP contribution in [0.1, 0.15) is 52.0 Å². The first-order valence-electron chi connectivity index (χ1n) is 12.2. The zero-order valence-corrected chi connectivity index (χ0v) is 20.3. The van der Waals surface area contributed by atoms with Gasteiger partial charge in [-0.2, -0.15) is 18.2 Å². The quantitative estimate of drug-likeness (QED) is 0.405. The summed E-state index contributed by atoms with van der Waals surface area (Å²) in [5, 5.41) is 0. The van der Waals surface area contributed by atoms with Gasteiger partial charge in [-0.1, -0.05) is 6.07 Å². The van der Waals surface area contributed by atoms with Gasteiger partial charge in [-0.3, -0.25) is 4.79 Å². The van der Waals surface area contributed by atoms with Crippen molar-refractivity contribution in [2.24, 2.45) is 0 Å². The summed E-state index contributed by atoms with van der Waals surface area (Å²) in [6.45, 7) is 3.67. The molecule has 1 aromatic heterocycles. The highest BCUT2D eigenvalue weighted by molar-refractivity contribution is 5.94. The SMILES string of the molecule is Cc1cc(Oc2nc(N3CCCCC3)nc3c2CN(C(=O)c2cccc(C(F)(F)F)c2)CC3)ccc1F. The van der Waals surface area contributed by atoms with Crippen molar-refractivity contribution >= 4 is 11.9 Å². The molecule has 10 heteroatoms. The molecule has 1 saturated heterocycles. The van der Waals surface area contributed by atoms with E-state index < -0.39 is 17.6 Å². The fourth-order valence-corrected chi connectivity index (χ4v) is 4.67. The first-order valence-corrected chi connectivity index (χ1v) is 12.2. The normalized spacial score (nSPS) is 15.9. The molecule has 0 aliphatic carbocycles. The second-order valence-corrected chi connectivity index (χ2v) is 9.37. The number of alkyl halides is 3. The number of halogens is 4. The highest BCUT2D eigenvalue weighted by Gasteiger charge is 2.33. The van der Waals surface area contributed by atoms with Crippen molar-refractivity contribution in [1.29, 1.82) is 0 Å². The van der Waals surface area contributed by atoms with E-state index in [2.05, 4.69) is 9.88 Å². The Labute approximate surface area is 211 Å². The Bertz CT molecular complexity index is 1320. The largest absolute Gasteiger partial charge is 0.438 e. The number of carbonyl (C=O) groups is 1. The molecule has 0 atom stereocenters. The summed E-state index contributed by atoms with van der Waals surface area (Å²) in [5.41, 5.74) is 0.826. The number of carbonyl (C=O) groups excluding carboxylic acids is 1. The number of aromatic nitrogens is 2. The van der Waals surface area contributed by atoms with E-state index >= 15 is 0 Å².